The van der Waals surface area contributed by atoms with Gasteiger partial charge in [-0.1, -0.05) is 32.1 Å². The van der Waals surface area contributed by atoms with Crippen LogP contribution in [0.1, 0.15) is 50.5 Å². The fraction of sp³-hybridized carbons (Fsp3) is 0.684. The van der Waals surface area contributed by atoms with Crippen molar-refractivity contribution in [1.82, 2.24) is 9.88 Å². The van der Waals surface area contributed by atoms with Crippen LogP contribution in [-0.2, 0) is 10.9 Å². The Morgan fingerprint density at radius 3 is 2.44 bits per heavy atom. The van der Waals surface area contributed by atoms with Gasteiger partial charge in [0, 0.05) is 19.3 Å². The number of likely N-dealkylation sites (N-methyl/N-ethyl adjacent to an activating group) is 1. The molecule has 150 valence electrons. The van der Waals surface area contributed by atoms with Crippen LogP contribution in [0.4, 0.5) is 23.8 Å². The van der Waals surface area contributed by atoms with Crippen LogP contribution in [0, 0.1) is 0 Å². The van der Waals surface area contributed by atoms with Gasteiger partial charge in [-0.2, -0.15) is 13.2 Å². The van der Waals surface area contributed by atoms with Gasteiger partial charge in [0.15, 0.2) is 0 Å². The van der Waals surface area contributed by atoms with Crippen molar-refractivity contribution in [2.75, 3.05) is 25.0 Å². The molecule has 8 heteroatoms. The summed E-state index contributed by atoms with van der Waals surface area (Å²) in [7, 11) is 1.74. The van der Waals surface area contributed by atoms with E-state index in [-0.39, 0.29) is 18.2 Å². The first kappa shape index (κ1) is 19.8. The van der Waals surface area contributed by atoms with Gasteiger partial charge in [0.1, 0.15) is 11.9 Å². The third kappa shape index (κ3) is 5.05. The van der Waals surface area contributed by atoms with Crippen molar-refractivity contribution >= 4 is 11.9 Å². The molecule has 1 aliphatic carbocycles. The first-order valence-electron chi connectivity index (χ1n) is 9.56. The first-order valence-corrected chi connectivity index (χ1v) is 9.56. The lowest BCUT2D eigenvalue weighted by molar-refractivity contribution is -0.137. The van der Waals surface area contributed by atoms with Crippen LogP contribution in [0.5, 0.6) is 0 Å². The zero-order valence-corrected chi connectivity index (χ0v) is 15.5. The summed E-state index contributed by atoms with van der Waals surface area (Å²) in [6.07, 6.45) is 3.83. The van der Waals surface area contributed by atoms with E-state index in [1.54, 1.807) is 11.9 Å². The number of carbonyl (C=O) groups excluding carboxylic acids is 1. The maximum absolute atomic E-state index is 12.6. The normalized spacial score (nSPS) is 22.3. The van der Waals surface area contributed by atoms with Crippen molar-refractivity contribution in [2.45, 2.75) is 63.3 Å². The zero-order valence-electron chi connectivity index (χ0n) is 15.5. The molecular weight excluding hydrogens is 359 g/mol. The van der Waals surface area contributed by atoms with Crippen LogP contribution in [-0.4, -0.2) is 48.3 Å². The third-order valence-electron chi connectivity index (χ3n) is 5.36. The van der Waals surface area contributed by atoms with Gasteiger partial charge >= 0.3 is 12.3 Å². The van der Waals surface area contributed by atoms with Crippen LogP contribution >= 0.6 is 0 Å². The molecule has 0 radical (unpaired) electrons. The molecule has 0 aromatic carbocycles. The van der Waals surface area contributed by atoms with Gasteiger partial charge in [0.25, 0.3) is 0 Å². The SMILES string of the molecule is CN(C[C@@H]1CN(C2CCCCCCC2)C(=O)O1)c1ccc(C(F)(F)F)cn1. The molecule has 1 amide bonds. The van der Waals surface area contributed by atoms with E-state index in [1.165, 1.54) is 25.3 Å². The van der Waals surface area contributed by atoms with Crippen molar-refractivity contribution < 1.29 is 22.7 Å². The third-order valence-corrected chi connectivity index (χ3v) is 5.36. The summed E-state index contributed by atoms with van der Waals surface area (Å²) in [4.78, 5) is 19.7. The van der Waals surface area contributed by atoms with Crippen molar-refractivity contribution in [3.63, 3.8) is 0 Å². The highest BCUT2D eigenvalue weighted by Crippen LogP contribution is 2.30. The molecule has 2 aliphatic rings. The Labute approximate surface area is 157 Å². The summed E-state index contributed by atoms with van der Waals surface area (Å²) >= 11 is 0. The second-order valence-electron chi connectivity index (χ2n) is 7.44. The molecule has 1 saturated heterocycles. The Balaban J connectivity index is 1.57. The number of alkyl halides is 3. The molecule has 0 N–H and O–H groups in total. The molecular formula is C19H26F3N3O2. The van der Waals surface area contributed by atoms with Crippen LogP contribution in [0.2, 0.25) is 0 Å². The van der Waals surface area contributed by atoms with E-state index in [0.29, 0.717) is 18.9 Å². The molecule has 1 saturated carbocycles. The Morgan fingerprint density at radius 1 is 1.19 bits per heavy atom. The molecule has 1 aliphatic heterocycles. The standard InChI is InChI=1S/C19H26F3N3O2/c1-24(17-10-9-14(11-23-17)19(20,21)22)12-16-13-25(18(26)27-16)15-7-5-3-2-4-6-8-15/h9-11,15-16H,2-8,12-13H2,1H3/t16-/m1/s1. The van der Waals surface area contributed by atoms with E-state index in [1.807, 2.05) is 4.90 Å². The predicted octanol–water partition coefficient (Wildman–Crippen LogP) is 4.47. The minimum Gasteiger partial charge on any atom is -0.442 e. The number of anilines is 1. The van der Waals surface area contributed by atoms with Crippen LogP contribution < -0.4 is 4.90 Å². The van der Waals surface area contributed by atoms with Gasteiger partial charge in [-0.15, -0.1) is 0 Å². The summed E-state index contributed by atoms with van der Waals surface area (Å²) in [6, 6.07) is 2.59. The average Bonchev–Trinajstić information content (AvgIpc) is 2.94. The predicted molar refractivity (Wildman–Crippen MR) is 95.6 cm³/mol. The number of aromatic nitrogens is 1. The topological polar surface area (TPSA) is 45.7 Å². The Hall–Kier alpha value is -1.99. The highest BCUT2D eigenvalue weighted by atomic mass is 19.4. The molecule has 1 aromatic heterocycles. The van der Waals surface area contributed by atoms with E-state index < -0.39 is 11.7 Å². The maximum Gasteiger partial charge on any atom is 0.417 e. The van der Waals surface area contributed by atoms with E-state index in [4.69, 9.17) is 4.74 Å². The maximum atomic E-state index is 12.6. The highest BCUT2D eigenvalue weighted by Gasteiger charge is 2.36. The summed E-state index contributed by atoms with van der Waals surface area (Å²) in [5, 5.41) is 0. The molecule has 5 nitrogen and oxygen atoms in total. The zero-order chi connectivity index (χ0) is 19.4. The lowest BCUT2D eigenvalue weighted by atomic mass is 9.96. The van der Waals surface area contributed by atoms with Crippen molar-refractivity contribution in [3.05, 3.63) is 23.9 Å². The minimum atomic E-state index is -4.40. The number of amides is 1. The Bertz CT molecular complexity index is 628. The number of nitrogens with zero attached hydrogens (tertiary/aromatic N) is 3. The monoisotopic (exact) mass is 385 g/mol. The lowest BCUT2D eigenvalue weighted by Crippen LogP contribution is -2.38. The fourth-order valence-electron chi connectivity index (χ4n) is 3.86. The first-order chi connectivity index (χ1) is 12.8. The smallest absolute Gasteiger partial charge is 0.417 e. The minimum absolute atomic E-state index is 0.234. The van der Waals surface area contributed by atoms with Crippen molar-refractivity contribution in [2.24, 2.45) is 0 Å². The van der Waals surface area contributed by atoms with Gasteiger partial charge in [-0.05, 0) is 25.0 Å². The van der Waals surface area contributed by atoms with E-state index in [2.05, 4.69) is 4.98 Å². The highest BCUT2D eigenvalue weighted by molar-refractivity contribution is 5.70. The Morgan fingerprint density at radius 2 is 1.85 bits per heavy atom. The average molecular weight is 385 g/mol. The molecule has 2 heterocycles. The van der Waals surface area contributed by atoms with Crippen LogP contribution in [0.15, 0.2) is 18.3 Å². The van der Waals surface area contributed by atoms with E-state index in [0.717, 1.165) is 37.9 Å². The van der Waals surface area contributed by atoms with Gasteiger partial charge in [-0.3, -0.25) is 0 Å². The van der Waals surface area contributed by atoms with Crippen molar-refractivity contribution in [3.8, 4) is 0 Å². The number of cyclic esters (lactones) is 1. The second kappa shape index (κ2) is 8.35. The molecule has 0 unspecified atom stereocenters. The summed E-state index contributed by atoms with van der Waals surface area (Å²) in [5.41, 5.74) is -0.776. The molecule has 2 fully saturated rings. The molecule has 0 bridgehead atoms. The number of pyridine rings is 1. The quantitative estimate of drug-likeness (QED) is 0.767. The number of hydrogen-bond acceptors (Lipinski definition) is 4. The number of carbonyl (C=O) groups is 1. The molecule has 27 heavy (non-hydrogen) atoms. The number of halogens is 3. The molecule has 1 atom stereocenters. The lowest BCUT2D eigenvalue weighted by Gasteiger charge is -2.27. The van der Waals surface area contributed by atoms with Gasteiger partial charge < -0.3 is 14.5 Å². The summed E-state index contributed by atoms with van der Waals surface area (Å²) < 4.78 is 43.5. The summed E-state index contributed by atoms with van der Waals surface area (Å²) in [5.74, 6) is 0.420. The van der Waals surface area contributed by atoms with Gasteiger partial charge in [-0.25, -0.2) is 9.78 Å². The van der Waals surface area contributed by atoms with Gasteiger partial charge in [0.05, 0.1) is 18.7 Å². The fourth-order valence-corrected chi connectivity index (χ4v) is 3.86. The van der Waals surface area contributed by atoms with Crippen LogP contribution in [0.3, 0.4) is 0 Å². The molecule has 1 aromatic rings. The van der Waals surface area contributed by atoms with Crippen molar-refractivity contribution in [1.29, 1.82) is 0 Å². The Kier molecular flexibility index (Phi) is 6.11. The number of rotatable bonds is 4. The van der Waals surface area contributed by atoms with E-state index >= 15 is 0 Å². The second-order valence-corrected chi connectivity index (χ2v) is 7.44. The van der Waals surface area contributed by atoms with Crippen LogP contribution in [0.25, 0.3) is 0 Å². The summed E-state index contributed by atoms with van der Waals surface area (Å²) in [6.45, 7) is 0.918. The van der Waals surface area contributed by atoms with Gasteiger partial charge in [0.2, 0.25) is 0 Å². The molecule has 3 rings (SSSR count). The number of ether oxygens (including phenoxy) is 1. The molecule has 0 spiro atoms. The number of hydrogen-bond donors (Lipinski definition) is 0. The van der Waals surface area contributed by atoms with E-state index in [9.17, 15) is 18.0 Å². The largest absolute Gasteiger partial charge is 0.442 e.